The van der Waals surface area contributed by atoms with E-state index in [-0.39, 0.29) is 5.60 Å². The zero-order chi connectivity index (χ0) is 18.3. The monoisotopic (exact) mass is 397 g/mol. The Balaban J connectivity index is 2.37. The van der Waals surface area contributed by atoms with E-state index >= 15 is 0 Å². The number of hydrogen-bond acceptors (Lipinski definition) is 3. The molecule has 0 aromatic heterocycles. The molecule has 134 valence electrons. The lowest BCUT2D eigenvalue weighted by molar-refractivity contribution is 0.0635. The Morgan fingerprint density at radius 1 is 1.25 bits per heavy atom. The third kappa shape index (κ3) is 3.88. The molecule has 1 atom stereocenters. The van der Waals surface area contributed by atoms with Gasteiger partial charge in [-0.2, -0.15) is 0 Å². The van der Waals surface area contributed by atoms with E-state index in [2.05, 4.69) is 28.2 Å². The molecule has 1 aliphatic heterocycles. The summed E-state index contributed by atoms with van der Waals surface area (Å²) in [6, 6.07) is 0. The summed E-state index contributed by atoms with van der Waals surface area (Å²) in [5, 5.41) is 3.84. The number of rotatable bonds is 3. The quantitative estimate of drug-likeness (QED) is 0.690. The summed E-state index contributed by atoms with van der Waals surface area (Å²) in [6.07, 6.45) is 1.37. The Kier molecular flexibility index (Phi) is 5.24. The van der Waals surface area contributed by atoms with Gasteiger partial charge in [0.2, 0.25) is 0 Å². The summed E-state index contributed by atoms with van der Waals surface area (Å²) >= 11 is 3.51. The molecule has 24 heavy (non-hydrogen) atoms. The van der Waals surface area contributed by atoms with Crippen LogP contribution in [0.1, 0.15) is 56.4 Å². The highest BCUT2D eigenvalue weighted by molar-refractivity contribution is 9.09. The second kappa shape index (κ2) is 6.58. The summed E-state index contributed by atoms with van der Waals surface area (Å²) in [4.78, 5) is 12.2. The van der Waals surface area contributed by atoms with Crippen LogP contribution in [0.25, 0.3) is 0 Å². The lowest BCUT2D eigenvalue weighted by Crippen LogP contribution is -2.30. The first-order valence-electron chi connectivity index (χ1n) is 8.35. The molecule has 0 spiro atoms. The lowest BCUT2D eigenvalue weighted by atomic mass is 9.91. The van der Waals surface area contributed by atoms with E-state index in [1.165, 1.54) is 5.56 Å². The highest BCUT2D eigenvalue weighted by atomic mass is 79.9. The van der Waals surface area contributed by atoms with Crippen molar-refractivity contribution in [2.45, 2.75) is 72.5 Å². The molecule has 2 rings (SSSR count). The molecule has 1 amide bonds. The molecule has 1 aromatic carbocycles. The van der Waals surface area contributed by atoms with Crippen molar-refractivity contribution >= 4 is 27.7 Å². The van der Waals surface area contributed by atoms with Crippen LogP contribution in [0.3, 0.4) is 0 Å². The van der Waals surface area contributed by atoms with Crippen molar-refractivity contribution in [2.75, 3.05) is 10.6 Å². The number of carbonyl (C=O) groups is 1. The van der Waals surface area contributed by atoms with E-state index < -0.39 is 11.7 Å². The van der Waals surface area contributed by atoms with Gasteiger partial charge in [-0.25, -0.2) is 4.79 Å². The van der Waals surface area contributed by atoms with Gasteiger partial charge >= 0.3 is 6.09 Å². The van der Waals surface area contributed by atoms with E-state index in [0.717, 1.165) is 46.3 Å². The first kappa shape index (κ1) is 19.1. The first-order valence-corrected chi connectivity index (χ1v) is 9.47. The summed E-state index contributed by atoms with van der Waals surface area (Å²) in [7, 11) is 0. The Labute approximate surface area is 153 Å². The number of halogens is 1. The fourth-order valence-electron chi connectivity index (χ4n) is 3.13. The van der Waals surface area contributed by atoms with Crippen molar-refractivity contribution in [2.24, 2.45) is 0 Å². The lowest BCUT2D eigenvalue weighted by Gasteiger charge is -2.23. The van der Waals surface area contributed by atoms with Crippen LogP contribution >= 0.6 is 15.9 Å². The molecule has 0 fully saturated rings. The number of carbonyl (C=O) groups excluding carboxylic acids is 1. The van der Waals surface area contributed by atoms with Crippen molar-refractivity contribution < 1.29 is 14.3 Å². The molecular weight excluding hydrogens is 370 g/mol. The van der Waals surface area contributed by atoms with Crippen LogP contribution in [-0.2, 0) is 11.2 Å². The summed E-state index contributed by atoms with van der Waals surface area (Å²) in [5.41, 5.74) is 4.49. The van der Waals surface area contributed by atoms with Gasteiger partial charge in [0.25, 0.3) is 0 Å². The fraction of sp³-hybridized carbons (Fsp3) is 0.632. The van der Waals surface area contributed by atoms with Crippen molar-refractivity contribution in [3.8, 4) is 5.75 Å². The maximum Gasteiger partial charge on any atom is 0.412 e. The molecule has 0 saturated carbocycles. The molecule has 0 radical (unpaired) electrons. The van der Waals surface area contributed by atoms with Crippen molar-refractivity contribution in [1.29, 1.82) is 0 Å². The molecular formula is C19H28BrNO3. The number of amides is 1. The number of hydrogen-bond donors (Lipinski definition) is 1. The molecule has 1 heterocycles. The minimum Gasteiger partial charge on any atom is -0.487 e. The van der Waals surface area contributed by atoms with E-state index in [1.807, 2.05) is 41.5 Å². The zero-order valence-electron chi connectivity index (χ0n) is 15.7. The van der Waals surface area contributed by atoms with Crippen LogP contribution in [0.15, 0.2) is 0 Å². The predicted octanol–water partition coefficient (Wildman–Crippen LogP) is 5.44. The van der Waals surface area contributed by atoms with Gasteiger partial charge < -0.3 is 9.47 Å². The topological polar surface area (TPSA) is 47.6 Å². The standard InChI is InChI=1S/C19H28BrNO3/c1-11-12(2)16-14(10-19(7,23-16)8-9-20)13(3)15(11)21-17(22)24-18(4,5)6/h8-10H2,1-7H3,(H,21,22). The molecule has 5 heteroatoms. The van der Waals surface area contributed by atoms with Gasteiger partial charge in [-0.15, -0.1) is 0 Å². The van der Waals surface area contributed by atoms with Crippen LogP contribution in [0.2, 0.25) is 0 Å². The Hall–Kier alpha value is -1.23. The number of fused-ring (bicyclic) bond motifs is 1. The van der Waals surface area contributed by atoms with Crippen LogP contribution in [-0.4, -0.2) is 22.6 Å². The average Bonchev–Trinajstić information content (AvgIpc) is 2.78. The summed E-state index contributed by atoms with van der Waals surface area (Å²) in [5.74, 6) is 0.975. The van der Waals surface area contributed by atoms with Gasteiger partial charge in [0.1, 0.15) is 17.0 Å². The number of anilines is 1. The van der Waals surface area contributed by atoms with Gasteiger partial charge in [0.05, 0.1) is 5.69 Å². The first-order chi connectivity index (χ1) is 11.0. The maximum absolute atomic E-state index is 12.2. The maximum atomic E-state index is 12.2. The van der Waals surface area contributed by atoms with Crippen molar-refractivity contribution in [1.82, 2.24) is 0 Å². The van der Waals surface area contributed by atoms with E-state index in [9.17, 15) is 4.79 Å². The number of benzene rings is 1. The van der Waals surface area contributed by atoms with Crippen LogP contribution in [0, 0.1) is 20.8 Å². The largest absolute Gasteiger partial charge is 0.487 e. The molecule has 4 nitrogen and oxygen atoms in total. The summed E-state index contributed by atoms with van der Waals surface area (Å²) < 4.78 is 11.7. The molecule has 1 unspecified atom stereocenters. The SMILES string of the molecule is Cc1c(C)c2c(c(C)c1NC(=O)OC(C)(C)C)CC(C)(CCBr)O2. The van der Waals surface area contributed by atoms with Crippen LogP contribution in [0.4, 0.5) is 10.5 Å². The normalized spacial score (nSPS) is 19.7. The third-order valence-corrected chi connectivity index (χ3v) is 4.92. The molecule has 1 N–H and O–H groups in total. The fourth-order valence-corrected chi connectivity index (χ4v) is 3.97. The Morgan fingerprint density at radius 3 is 2.42 bits per heavy atom. The Morgan fingerprint density at radius 2 is 1.88 bits per heavy atom. The molecule has 0 aliphatic carbocycles. The van der Waals surface area contributed by atoms with Gasteiger partial charge in [-0.05, 0) is 71.6 Å². The number of nitrogens with one attached hydrogen (secondary N) is 1. The second-order valence-corrected chi connectivity index (χ2v) is 8.65. The molecule has 0 saturated heterocycles. The highest BCUT2D eigenvalue weighted by Gasteiger charge is 2.37. The van der Waals surface area contributed by atoms with Gasteiger partial charge in [-0.1, -0.05) is 15.9 Å². The van der Waals surface area contributed by atoms with E-state index in [4.69, 9.17) is 9.47 Å². The number of alkyl halides is 1. The predicted molar refractivity (Wildman–Crippen MR) is 102 cm³/mol. The van der Waals surface area contributed by atoms with Gasteiger partial charge in [0, 0.05) is 17.3 Å². The van der Waals surface area contributed by atoms with Crippen LogP contribution in [0.5, 0.6) is 5.75 Å². The third-order valence-electron chi connectivity index (χ3n) is 4.53. The number of ether oxygens (including phenoxy) is 2. The average molecular weight is 398 g/mol. The minimum absolute atomic E-state index is 0.196. The molecule has 1 aromatic rings. The summed E-state index contributed by atoms with van der Waals surface area (Å²) in [6.45, 7) is 13.8. The van der Waals surface area contributed by atoms with E-state index in [1.54, 1.807) is 0 Å². The van der Waals surface area contributed by atoms with E-state index in [0.29, 0.717) is 0 Å². The van der Waals surface area contributed by atoms with Crippen molar-refractivity contribution in [3.05, 3.63) is 22.3 Å². The minimum atomic E-state index is -0.519. The van der Waals surface area contributed by atoms with Gasteiger partial charge in [-0.3, -0.25) is 5.32 Å². The van der Waals surface area contributed by atoms with Crippen LogP contribution < -0.4 is 10.1 Å². The second-order valence-electron chi connectivity index (χ2n) is 7.85. The molecule has 0 bridgehead atoms. The smallest absolute Gasteiger partial charge is 0.412 e. The Bertz CT molecular complexity index is 664. The van der Waals surface area contributed by atoms with Crippen molar-refractivity contribution in [3.63, 3.8) is 0 Å². The highest BCUT2D eigenvalue weighted by Crippen LogP contribution is 2.45. The zero-order valence-corrected chi connectivity index (χ0v) is 17.3. The molecule has 1 aliphatic rings. The van der Waals surface area contributed by atoms with Gasteiger partial charge in [0.15, 0.2) is 0 Å².